The number of benzene rings is 2. The summed E-state index contributed by atoms with van der Waals surface area (Å²) in [5.41, 5.74) is 6.89. The first-order valence-corrected chi connectivity index (χ1v) is 7.84. The lowest BCUT2D eigenvalue weighted by molar-refractivity contribution is 0.588. The summed E-state index contributed by atoms with van der Waals surface area (Å²) in [5, 5.41) is 3.46. The highest BCUT2D eigenvalue weighted by Crippen LogP contribution is 2.23. The number of nitrogens with one attached hydrogen (secondary N) is 1. The van der Waals surface area contributed by atoms with Gasteiger partial charge in [0.15, 0.2) is 0 Å². The van der Waals surface area contributed by atoms with Gasteiger partial charge in [0.1, 0.15) is 0 Å². The number of hydrogen-bond acceptors (Lipinski definition) is 1. The highest BCUT2D eigenvalue weighted by atomic mass is 14.9. The van der Waals surface area contributed by atoms with Gasteiger partial charge in [0.25, 0.3) is 0 Å². The van der Waals surface area contributed by atoms with Crippen molar-refractivity contribution in [1.29, 1.82) is 0 Å². The predicted octanol–water partition coefficient (Wildman–Crippen LogP) is 4.93. The summed E-state index contributed by atoms with van der Waals surface area (Å²) in [4.78, 5) is 0. The van der Waals surface area contributed by atoms with Gasteiger partial charge >= 0.3 is 0 Å². The van der Waals surface area contributed by atoms with Crippen molar-refractivity contribution in [3.05, 3.63) is 70.3 Å². The van der Waals surface area contributed by atoms with E-state index in [2.05, 4.69) is 75.5 Å². The highest BCUT2D eigenvalue weighted by Gasteiger charge is 2.12. The summed E-state index contributed by atoms with van der Waals surface area (Å²) in [5.74, 6) is 0.596. The minimum Gasteiger partial charge on any atom is -0.313 e. The monoisotopic (exact) mass is 281 g/mol. The summed E-state index contributed by atoms with van der Waals surface area (Å²) in [6.45, 7) is 8.83. The van der Waals surface area contributed by atoms with E-state index in [1.807, 2.05) is 7.05 Å². The predicted molar refractivity (Wildman–Crippen MR) is 92.0 cm³/mol. The molecule has 1 nitrogen and oxygen atoms in total. The summed E-state index contributed by atoms with van der Waals surface area (Å²) in [6, 6.07) is 16.1. The minimum atomic E-state index is 0.371. The molecule has 0 radical (unpaired) electrons. The topological polar surface area (TPSA) is 12.0 Å². The zero-order chi connectivity index (χ0) is 15.4. The standard InChI is InChI=1S/C20H27N/c1-14(2)18-9-7-17(8-10-18)13-20(21-5)19-11-6-15(3)12-16(19)4/h6-12,14,20-21H,13H2,1-5H3. The van der Waals surface area contributed by atoms with Crippen LogP contribution in [0.15, 0.2) is 42.5 Å². The van der Waals surface area contributed by atoms with Crippen molar-refractivity contribution < 1.29 is 0 Å². The van der Waals surface area contributed by atoms with E-state index in [1.54, 1.807) is 0 Å². The van der Waals surface area contributed by atoms with E-state index in [0.29, 0.717) is 12.0 Å². The molecule has 2 aromatic rings. The summed E-state index contributed by atoms with van der Waals surface area (Å²) < 4.78 is 0. The molecular formula is C20H27N. The number of rotatable bonds is 5. The maximum Gasteiger partial charge on any atom is 0.0361 e. The SMILES string of the molecule is CNC(Cc1ccc(C(C)C)cc1)c1ccc(C)cc1C. The van der Waals surface area contributed by atoms with Gasteiger partial charge in [-0.15, -0.1) is 0 Å². The van der Waals surface area contributed by atoms with Crippen molar-refractivity contribution in [1.82, 2.24) is 5.32 Å². The van der Waals surface area contributed by atoms with Crippen LogP contribution >= 0.6 is 0 Å². The Bertz CT molecular complexity index is 581. The van der Waals surface area contributed by atoms with E-state index in [1.165, 1.54) is 27.8 Å². The van der Waals surface area contributed by atoms with Crippen molar-refractivity contribution in [2.45, 2.75) is 46.1 Å². The van der Waals surface area contributed by atoms with Crippen LogP contribution < -0.4 is 5.32 Å². The summed E-state index contributed by atoms with van der Waals surface area (Å²) in [6.07, 6.45) is 1.03. The maximum absolute atomic E-state index is 3.46. The van der Waals surface area contributed by atoms with Crippen molar-refractivity contribution in [2.24, 2.45) is 0 Å². The molecule has 0 aromatic heterocycles. The average Bonchev–Trinajstić information content (AvgIpc) is 2.46. The molecule has 2 aromatic carbocycles. The molecule has 1 heteroatoms. The summed E-state index contributed by atoms with van der Waals surface area (Å²) in [7, 11) is 2.05. The molecule has 1 atom stereocenters. The number of likely N-dealkylation sites (N-methyl/N-ethyl adjacent to an activating group) is 1. The number of hydrogen-bond donors (Lipinski definition) is 1. The fraction of sp³-hybridized carbons (Fsp3) is 0.400. The molecule has 0 aliphatic carbocycles. The Morgan fingerprint density at radius 3 is 2.14 bits per heavy atom. The van der Waals surface area contributed by atoms with Crippen LogP contribution in [0.25, 0.3) is 0 Å². The third-order valence-electron chi connectivity index (χ3n) is 4.24. The first kappa shape index (κ1) is 15.8. The molecule has 1 N–H and O–H groups in total. The molecule has 0 bridgehead atoms. The molecule has 21 heavy (non-hydrogen) atoms. The first-order chi connectivity index (χ1) is 10.0. The largest absolute Gasteiger partial charge is 0.313 e. The second-order valence-electron chi connectivity index (χ2n) is 6.30. The number of aryl methyl sites for hydroxylation is 2. The van der Waals surface area contributed by atoms with Gasteiger partial charge in [-0.2, -0.15) is 0 Å². The fourth-order valence-corrected chi connectivity index (χ4v) is 2.86. The van der Waals surface area contributed by atoms with Gasteiger partial charge in [0, 0.05) is 6.04 Å². The Labute approximate surface area is 129 Å². The second kappa shape index (κ2) is 6.91. The van der Waals surface area contributed by atoms with Gasteiger partial charge in [-0.3, -0.25) is 0 Å². The van der Waals surface area contributed by atoms with Gasteiger partial charge in [-0.05, 0) is 55.5 Å². The van der Waals surface area contributed by atoms with Gasteiger partial charge in [-0.25, -0.2) is 0 Å². The molecule has 0 amide bonds. The van der Waals surface area contributed by atoms with E-state index in [9.17, 15) is 0 Å². The van der Waals surface area contributed by atoms with E-state index < -0.39 is 0 Å². The van der Waals surface area contributed by atoms with Crippen LogP contribution in [0.5, 0.6) is 0 Å². The first-order valence-electron chi connectivity index (χ1n) is 7.84. The van der Waals surface area contributed by atoms with Crippen LogP contribution in [0, 0.1) is 13.8 Å². The van der Waals surface area contributed by atoms with E-state index in [-0.39, 0.29) is 0 Å². The second-order valence-corrected chi connectivity index (χ2v) is 6.30. The van der Waals surface area contributed by atoms with Crippen LogP contribution in [0.3, 0.4) is 0 Å². The molecule has 1 unspecified atom stereocenters. The molecule has 0 fully saturated rings. The zero-order valence-corrected chi connectivity index (χ0v) is 13.9. The molecule has 0 aliphatic rings. The normalized spacial score (nSPS) is 12.7. The van der Waals surface area contributed by atoms with Crippen molar-refractivity contribution in [2.75, 3.05) is 7.05 Å². The third kappa shape index (κ3) is 3.95. The quantitative estimate of drug-likeness (QED) is 0.819. The van der Waals surface area contributed by atoms with Crippen molar-refractivity contribution in [3.63, 3.8) is 0 Å². The summed E-state index contributed by atoms with van der Waals surface area (Å²) >= 11 is 0. The zero-order valence-electron chi connectivity index (χ0n) is 13.9. The molecule has 0 spiro atoms. The van der Waals surface area contributed by atoms with Crippen molar-refractivity contribution >= 4 is 0 Å². The van der Waals surface area contributed by atoms with Crippen LogP contribution in [0.2, 0.25) is 0 Å². The molecular weight excluding hydrogens is 254 g/mol. The smallest absolute Gasteiger partial charge is 0.0361 e. The lowest BCUT2D eigenvalue weighted by Gasteiger charge is -2.20. The van der Waals surface area contributed by atoms with Gasteiger partial charge in [-0.1, -0.05) is 61.9 Å². The van der Waals surface area contributed by atoms with E-state index in [0.717, 1.165) is 6.42 Å². The van der Waals surface area contributed by atoms with E-state index >= 15 is 0 Å². The fourth-order valence-electron chi connectivity index (χ4n) is 2.86. The lowest BCUT2D eigenvalue weighted by atomic mass is 9.93. The third-order valence-corrected chi connectivity index (χ3v) is 4.24. The molecule has 112 valence electrons. The maximum atomic E-state index is 3.46. The van der Waals surface area contributed by atoms with Gasteiger partial charge < -0.3 is 5.32 Å². The lowest BCUT2D eigenvalue weighted by Crippen LogP contribution is -2.19. The Kier molecular flexibility index (Phi) is 5.19. The van der Waals surface area contributed by atoms with Crippen LogP contribution in [-0.2, 0) is 6.42 Å². The van der Waals surface area contributed by atoms with Crippen LogP contribution in [0.4, 0.5) is 0 Å². The molecule has 0 saturated carbocycles. The Balaban J connectivity index is 2.18. The molecule has 0 heterocycles. The van der Waals surface area contributed by atoms with Crippen LogP contribution in [0.1, 0.15) is 53.6 Å². The van der Waals surface area contributed by atoms with Gasteiger partial charge in [0.05, 0.1) is 0 Å². The van der Waals surface area contributed by atoms with Gasteiger partial charge in [0.2, 0.25) is 0 Å². The Hall–Kier alpha value is -1.60. The van der Waals surface area contributed by atoms with E-state index in [4.69, 9.17) is 0 Å². The van der Waals surface area contributed by atoms with Crippen molar-refractivity contribution in [3.8, 4) is 0 Å². The Morgan fingerprint density at radius 1 is 0.952 bits per heavy atom. The molecule has 2 rings (SSSR count). The molecule has 0 saturated heterocycles. The highest BCUT2D eigenvalue weighted by molar-refractivity contribution is 5.34. The van der Waals surface area contributed by atoms with Crippen LogP contribution in [-0.4, -0.2) is 7.05 Å². The Morgan fingerprint density at radius 2 is 1.62 bits per heavy atom. The minimum absolute atomic E-state index is 0.371. The molecule has 0 aliphatic heterocycles. The average molecular weight is 281 g/mol.